The monoisotopic (exact) mass is 356 g/mol. The van der Waals surface area contributed by atoms with Crippen molar-refractivity contribution in [1.82, 2.24) is 19.2 Å². The smallest absolute Gasteiger partial charge is 0.244 e. The minimum atomic E-state index is -3.70. The summed E-state index contributed by atoms with van der Waals surface area (Å²) in [5.41, 5.74) is 0. The second-order valence-corrected chi connectivity index (χ2v) is 8.19. The van der Waals surface area contributed by atoms with Crippen molar-refractivity contribution in [3.05, 3.63) is 40.9 Å². The molecule has 1 unspecified atom stereocenters. The zero-order chi connectivity index (χ0) is 16.4. The quantitative estimate of drug-likeness (QED) is 0.835. The molecule has 23 heavy (non-hydrogen) atoms. The molecule has 124 valence electrons. The Bertz CT molecular complexity index is 759. The lowest BCUT2D eigenvalue weighted by molar-refractivity contribution is 0.145. The maximum atomic E-state index is 13.2. The molecule has 1 aliphatic heterocycles. The lowest BCUT2D eigenvalue weighted by Gasteiger charge is -2.36. The summed E-state index contributed by atoms with van der Waals surface area (Å²) in [6, 6.07) is 1.17. The number of rotatable bonds is 4. The fourth-order valence-electron chi connectivity index (χ4n) is 2.61. The minimum Gasteiger partial charge on any atom is -0.292 e. The van der Waals surface area contributed by atoms with Crippen molar-refractivity contribution < 1.29 is 12.8 Å². The van der Waals surface area contributed by atoms with E-state index in [1.54, 1.807) is 17.5 Å². The highest BCUT2D eigenvalue weighted by atomic mass is 32.2. The molecule has 1 saturated heterocycles. The molecule has 2 aromatic heterocycles. The highest BCUT2D eigenvalue weighted by molar-refractivity contribution is 7.89. The molecule has 0 aromatic carbocycles. The molecule has 0 bridgehead atoms. The van der Waals surface area contributed by atoms with Gasteiger partial charge in [0.15, 0.2) is 0 Å². The van der Waals surface area contributed by atoms with Crippen LogP contribution in [0.15, 0.2) is 34.9 Å². The van der Waals surface area contributed by atoms with Gasteiger partial charge in [0, 0.05) is 44.0 Å². The van der Waals surface area contributed by atoms with Gasteiger partial charge in [-0.1, -0.05) is 0 Å². The molecule has 2 aromatic rings. The fraction of sp³-hybridized carbons (Fsp3) is 0.429. The predicted molar refractivity (Wildman–Crippen MR) is 85.1 cm³/mol. The molecular weight excluding hydrogens is 339 g/mol. The minimum absolute atomic E-state index is 0.0982. The third-order valence-electron chi connectivity index (χ3n) is 3.95. The van der Waals surface area contributed by atoms with Gasteiger partial charge in [-0.25, -0.2) is 17.8 Å². The summed E-state index contributed by atoms with van der Waals surface area (Å²) in [5, 5.41) is 2.96. The van der Waals surface area contributed by atoms with Gasteiger partial charge in [-0.15, -0.1) is 11.3 Å². The van der Waals surface area contributed by atoms with E-state index in [0.717, 1.165) is 17.3 Å². The second kappa shape index (κ2) is 6.60. The van der Waals surface area contributed by atoms with Crippen LogP contribution in [0.5, 0.6) is 0 Å². The molecule has 0 spiro atoms. The number of pyridine rings is 1. The van der Waals surface area contributed by atoms with Crippen LogP contribution < -0.4 is 0 Å². The number of piperazine rings is 1. The van der Waals surface area contributed by atoms with Crippen molar-refractivity contribution in [3.8, 4) is 0 Å². The van der Waals surface area contributed by atoms with Crippen molar-refractivity contribution in [1.29, 1.82) is 0 Å². The van der Waals surface area contributed by atoms with E-state index in [1.807, 2.05) is 5.38 Å². The van der Waals surface area contributed by atoms with Gasteiger partial charge in [-0.3, -0.25) is 9.88 Å². The maximum Gasteiger partial charge on any atom is 0.244 e. The van der Waals surface area contributed by atoms with E-state index in [4.69, 9.17) is 0 Å². The average molecular weight is 356 g/mol. The van der Waals surface area contributed by atoms with Crippen molar-refractivity contribution >= 4 is 21.4 Å². The molecular formula is C14H17FN4O2S2. The molecule has 0 N–H and O–H groups in total. The Labute approximate surface area is 138 Å². The van der Waals surface area contributed by atoms with Gasteiger partial charge < -0.3 is 0 Å². The largest absolute Gasteiger partial charge is 0.292 e. The van der Waals surface area contributed by atoms with Crippen LogP contribution in [-0.4, -0.2) is 53.8 Å². The molecule has 0 saturated carbocycles. The number of thiazole rings is 1. The molecule has 1 atom stereocenters. The molecule has 3 rings (SSSR count). The van der Waals surface area contributed by atoms with E-state index >= 15 is 0 Å². The lowest BCUT2D eigenvalue weighted by atomic mass is 10.2. The number of sulfonamides is 1. The Balaban J connectivity index is 1.69. The van der Waals surface area contributed by atoms with Crippen LogP contribution in [0.1, 0.15) is 18.0 Å². The number of aromatic nitrogens is 2. The van der Waals surface area contributed by atoms with Crippen LogP contribution in [0, 0.1) is 5.82 Å². The van der Waals surface area contributed by atoms with Gasteiger partial charge in [0.25, 0.3) is 0 Å². The Kier molecular flexibility index (Phi) is 4.72. The Morgan fingerprint density at radius 2 is 2.00 bits per heavy atom. The van der Waals surface area contributed by atoms with E-state index in [0.29, 0.717) is 26.2 Å². The number of halogens is 1. The Morgan fingerprint density at radius 3 is 2.61 bits per heavy atom. The van der Waals surface area contributed by atoms with Gasteiger partial charge in [0.2, 0.25) is 10.0 Å². The molecule has 0 radical (unpaired) electrons. The van der Waals surface area contributed by atoms with E-state index in [9.17, 15) is 12.8 Å². The van der Waals surface area contributed by atoms with Gasteiger partial charge in [-0.05, 0) is 13.0 Å². The van der Waals surface area contributed by atoms with Crippen LogP contribution in [0.2, 0.25) is 0 Å². The van der Waals surface area contributed by atoms with Crippen LogP contribution in [0.25, 0.3) is 0 Å². The summed E-state index contributed by atoms with van der Waals surface area (Å²) in [4.78, 5) is 10.0. The van der Waals surface area contributed by atoms with Crippen LogP contribution in [-0.2, 0) is 10.0 Å². The van der Waals surface area contributed by atoms with Gasteiger partial charge >= 0.3 is 0 Å². The molecule has 0 aliphatic carbocycles. The summed E-state index contributed by atoms with van der Waals surface area (Å²) in [6.07, 6.45) is 3.95. The van der Waals surface area contributed by atoms with E-state index in [2.05, 4.69) is 21.8 Å². The van der Waals surface area contributed by atoms with E-state index in [1.165, 1.54) is 10.5 Å². The number of hydrogen-bond acceptors (Lipinski definition) is 6. The van der Waals surface area contributed by atoms with Crippen molar-refractivity contribution in [2.45, 2.75) is 17.9 Å². The van der Waals surface area contributed by atoms with Crippen molar-refractivity contribution in [2.24, 2.45) is 0 Å². The standard InChI is InChI=1S/C14H17FN4O2S2/c1-11(14-17-2-7-22-14)18-3-5-19(6-4-18)23(20,21)13-8-12(15)9-16-10-13/h2,7-11H,3-6H2,1H3. The number of nitrogens with zero attached hydrogens (tertiary/aromatic N) is 4. The summed E-state index contributed by atoms with van der Waals surface area (Å²) in [5.74, 6) is -0.651. The molecule has 0 amide bonds. The zero-order valence-corrected chi connectivity index (χ0v) is 14.2. The first-order chi connectivity index (χ1) is 11.0. The van der Waals surface area contributed by atoms with Gasteiger partial charge in [0.05, 0.1) is 12.2 Å². The maximum absolute atomic E-state index is 13.2. The Morgan fingerprint density at radius 1 is 1.26 bits per heavy atom. The fourth-order valence-corrected chi connectivity index (χ4v) is 4.74. The van der Waals surface area contributed by atoms with Crippen molar-refractivity contribution in [3.63, 3.8) is 0 Å². The third kappa shape index (κ3) is 3.42. The first kappa shape index (κ1) is 16.4. The molecule has 1 fully saturated rings. The van der Waals surface area contributed by atoms with Gasteiger partial charge in [0.1, 0.15) is 15.7 Å². The van der Waals surface area contributed by atoms with Gasteiger partial charge in [-0.2, -0.15) is 4.31 Å². The summed E-state index contributed by atoms with van der Waals surface area (Å²) < 4.78 is 39.7. The molecule has 3 heterocycles. The van der Waals surface area contributed by atoms with E-state index < -0.39 is 15.8 Å². The zero-order valence-electron chi connectivity index (χ0n) is 12.6. The van der Waals surface area contributed by atoms with Crippen LogP contribution >= 0.6 is 11.3 Å². The summed E-state index contributed by atoms with van der Waals surface area (Å²) in [7, 11) is -3.70. The highest BCUT2D eigenvalue weighted by Gasteiger charge is 2.31. The highest BCUT2D eigenvalue weighted by Crippen LogP contribution is 2.25. The summed E-state index contributed by atoms with van der Waals surface area (Å²) in [6.45, 7) is 4.04. The SMILES string of the molecule is CC(c1nccs1)N1CCN(S(=O)(=O)c2cncc(F)c2)CC1. The first-order valence-electron chi connectivity index (χ1n) is 7.22. The van der Waals surface area contributed by atoms with Crippen molar-refractivity contribution in [2.75, 3.05) is 26.2 Å². The van der Waals surface area contributed by atoms with E-state index in [-0.39, 0.29) is 10.9 Å². The molecule has 9 heteroatoms. The molecule has 1 aliphatic rings. The second-order valence-electron chi connectivity index (χ2n) is 5.33. The Hall–Kier alpha value is -1.42. The normalized spacial score (nSPS) is 18.9. The lowest BCUT2D eigenvalue weighted by Crippen LogP contribution is -2.49. The summed E-state index contributed by atoms with van der Waals surface area (Å²) >= 11 is 1.59. The molecule has 6 nitrogen and oxygen atoms in total. The topological polar surface area (TPSA) is 66.4 Å². The van der Waals surface area contributed by atoms with Crippen LogP contribution in [0.3, 0.4) is 0 Å². The van der Waals surface area contributed by atoms with Crippen LogP contribution in [0.4, 0.5) is 4.39 Å². The average Bonchev–Trinajstić information content (AvgIpc) is 3.09. The number of hydrogen-bond donors (Lipinski definition) is 0. The predicted octanol–water partition coefficient (Wildman–Crippen LogP) is 1.74. The first-order valence-corrected chi connectivity index (χ1v) is 9.54. The third-order valence-corrected chi connectivity index (χ3v) is 6.76.